The second kappa shape index (κ2) is 8.24. The summed E-state index contributed by atoms with van der Waals surface area (Å²) in [5.41, 5.74) is 1.62. The summed E-state index contributed by atoms with van der Waals surface area (Å²) in [7, 11) is 9.72. The second-order valence-electron chi connectivity index (χ2n) is 5.42. The molecule has 0 amide bonds. The molecule has 0 saturated heterocycles. The van der Waals surface area contributed by atoms with Crippen LogP contribution in [0, 0.1) is 0 Å². The van der Waals surface area contributed by atoms with Crippen molar-refractivity contribution >= 4 is 64.7 Å². The van der Waals surface area contributed by atoms with Crippen LogP contribution in [0.5, 0.6) is 23.0 Å². The number of methoxy groups -OCH3 is 4. The first-order chi connectivity index (χ1) is 13.7. The van der Waals surface area contributed by atoms with E-state index in [2.05, 4.69) is 0 Å². The van der Waals surface area contributed by atoms with Crippen LogP contribution >= 0.6 is 44.3 Å². The zero-order chi connectivity index (χ0) is 19.7. The molecule has 0 aliphatic rings. The van der Waals surface area contributed by atoms with Gasteiger partial charge >= 0.3 is 0 Å². The number of thiazole rings is 2. The van der Waals surface area contributed by atoms with Crippen molar-refractivity contribution in [2.45, 2.75) is 8.68 Å². The van der Waals surface area contributed by atoms with Crippen LogP contribution in [0.15, 0.2) is 32.9 Å². The van der Waals surface area contributed by atoms with Gasteiger partial charge in [-0.3, -0.25) is 0 Å². The Bertz CT molecular complexity index is 970. The van der Waals surface area contributed by atoms with Gasteiger partial charge in [-0.25, -0.2) is 9.97 Å². The fourth-order valence-corrected chi connectivity index (χ4v) is 7.34. The molecule has 0 aliphatic heterocycles. The van der Waals surface area contributed by atoms with Crippen LogP contribution in [0.3, 0.4) is 0 Å². The van der Waals surface area contributed by atoms with Crippen LogP contribution in [0.4, 0.5) is 0 Å². The third kappa shape index (κ3) is 3.45. The molecular weight excluding hydrogens is 436 g/mol. The molecule has 0 atom stereocenters. The number of benzene rings is 2. The lowest BCUT2D eigenvalue weighted by Gasteiger charge is -2.03. The minimum absolute atomic E-state index is 0.735. The molecule has 0 radical (unpaired) electrons. The van der Waals surface area contributed by atoms with Crippen molar-refractivity contribution in [1.29, 1.82) is 0 Å². The standard InChI is InChI=1S/C18H16N2O4S4/c1-21-9-5-7-11(23-3)15-13(9)19-17(25-15)27-28-18-20-14-10(22-2)6-8-12(24-4)16(14)26-18/h5-8H,1-4H3. The Morgan fingerprint density at radius 2 is 0.964 bits per heavy atom. The first-order valence-corrected chi connectivity index (χ1v) is 11.8. The highest BCUT2D eigenvalue weighted by molar-refractivity contribution is 8.77. The normalized spacial score (nSPS) is 11.1. The van der Waals surface area contributed by atoms with Crippen molar-refractivity contribution in [3.63, 3.8) is 0 Å². The summed E-state index contributed by atoms with van der Waals surface area (Å²) in [6, 6.07) is 7.53. The number of aromatic nitrogens is 2. The molecule has 2 aromatic heterocycles. The number of fused-ring (bicyclic) bond motifs is 2. The second-order valence-corrected chi connectivity index (χ2v) is 10.0. The van der Waals surface area contributed by atoms with Crippen molar-refractivity contribution in [3.8, 4) is 23.0 Å². The topological polar surface area (TPSA) is 62.7 Å². The predicted molar refractivity (Wildman–Crippen MR) is 117 cm³/mol. The molecule has 4 aromatic rings. The van der Waals surface area contributed by atoms with Gasteiger partial charge in [-0.2, -0.15) is 0 Å². The molecule has 28 heavy (non-hydrogen) atoms. The van der Waals surface area contributed by atoms with Crippen LogP contribution in [-0.2, 0) is 0 Å². The quantitative estimate of drug-likeness (QED) is 0.329. The highest BCUT2D eigenvalue weighted by Crippen LogP contribution is 2.48. The Morgan fingerprint density at radius 3 is 1.32 bits per heavy atom. The summed E-state index contributed by atoms with van der Waals surface area (Å²) in [5, 5.41) is 0. The minimum atomic E-state index is 0.735. The zero-order valence-corrected chi connectivity index (χ0v) is 18.7. The SMILES string of the molecule is COc1ccc(OC)c2sc(SSc3nc4c(OC)ccc(OC)c4s3)nc12. The van der Waals surface area contributed by atoms with Gasteiger partial charge in [0.15, 0.2) is 8.68 Å². The summed E-state index contributed by atoms with van der Waals surface area (Å²) >= 11 is 3.15. The lowest BCUT2D eigenvalue weighted by molar-refractivity contribution is 0.410. The summed E-state index contributed by atoms with van der Waals surface area (Å²) < 4.78 is 25.5. The maximum absolute atomic E-state index is 5.45. The predicted octanol–water partition coefficient (Wildman–Crippen LogP) is 5.74. The van der Waals surface area contributed by atoms with Gasteiger partial charge in [-0.1, -0.05) is 0 Å². The van der Waals surface area contributed by atoms with E-state index in [9.17, 15) is 0 Å². The molecular formula is C18H16N2O4S4. The third-order valence-corrected chi connectivity index (χ3v) is 9.08. The smallest absolute Gasteiger partial charge is 0.162 e. The van der Waals surface area contributed by atoms with E-state index in [-0.39, 0.29) is 0 Å². The van der Waals surface area contributed by atoms with Crippen molar-refractivity contribution in [2.24, 2.45) is 0 Å². The van der Waals surface area contributed by atoms with E-state index in [0.29, 0.717) is 0 Å². The first-order valence-electron chi connectivity index (χ1n) is 8.06. The molecule has 0 N–H and O–H groups in total. The van der Waals surface area contributed by atoms with Crippen LogP contribution in [0.25, 0.3) is 20.4 Å². The maximum atomic E-state index is 5.45. The molecule has 0 saturated carbocycles. The molecule has 0 spiro atoms. The lowest BCUT2D eigenvalue weighted by atomic mass is 10.3. The Kier molecular flexibility index (Phi) is 5.72. The summed E-state index contributed by atoms with van der Waals surface area (Å²) in [6.45, 7) is 0. The van der Waals surface area contributed by atoms with E-state index < -0.39 is 0 Å². The van der Waals surface area contributed by atoms with Crippen molar-refractivity contribution in [2.75, 3.05) is 28.4 Å². The molecule has 146 valence electrons. The molecule has 0 bridgehead atoms. The highest BCUT2D eigenvalue weighted by Gasteiger charge is 2.17. The zero-order valence-electron chi connectivity index (χ0n) is 15.5. The molecule has 0 aliphatic carbocycles. The molecule has 0 unspecified atom stereocenters. The summed E-state index contributed by atoms with van der Waals surface area (Å²) in [5.74, 6) is 3.05. The van der Waals surface area contributed by atoms with Crippen LogP contribution in [-0.4, -0.2) is 38.4 Å². The Morgan fingerprint density at radius 1 is 0.607 bits per heavy atom. The van der Waals surface area contributed by atoms with Gasteiger partial charge in [0.1, 0.15) is 43.4 Å². The average molecular weight is 453 g/mol. The molecule has 0 fully saturated rings. The van der Waals surface area contributed by atoms with Gasteiger partial charge in [0.25, 0.3) is 0 Å². The van der Waals surface area contributed by atoms with Crippen LogP contribution in [0.1, 0.15) is 0 Å². The molecule has 2 aromatic carbocycles. The summed E-state index contributed by atoms with van der Waals surface area (Å²) in [6.07, 6.45) is 0. The van der Waals surface area contributed by atoms with Crippen molar-refractivity contribution in [1.82, 2.24) is 9.97 Å². The van der Waals surface area contributed by atoms with Crippen molar-refractivity contribution in [3.05, 3.63) is 24.3 Å². The van der Waals surface area contributed by atoms with Gasteiger partial charge in [-0.05, 0) is 45.9 Å². The Hall–Kier alpha value is -1.88. The summed E-state index contributed by atoms with van der Waals surface area (Å²) in [4.78, 5) is 9.42. The Balaban J connectivity index is 1.64. The van der Waals surface area contributed by atoms with E-state index in [0.717, 1.165) is 52.1 Å². The third-order valence-electron chi connectivity index (χ3n) is 3.97. The van der Waals surface area contributed by atoms with Gasteiger partial charge < -0.3 is 18.9 Å². The van der Waals surface area contributed by atoms with Gasteiger partial charge in [0.05, 0.1) is 28.4 Å². The fourth-order valence-electron chi connectivity index (χ4n) is 2.67. The number of ether oxygens (including phenoxy) is 4. The largest absolute Gasteiger partial charge is 0.495 e. The minimum Gasteiger partial charge on any atom is -0.495 e. The molecule has 10 heteroatoms. The lowest BCUT2D eigenvalue weighted by Crippen LogP contribution is -1.87. The molecule has 2 heterocycles. The number of hydrogen-bond donors (Lipinski definition) is 0. The van der Waals surface area contributed by atoms with Crippen LogP contribution in [0.2, 0.25) is 0 Å². The number of rotatable bonds is 7. The van der Waals surface area contributed by atoms with E-state index in [4.69, 9.17) is 28.9 Å². The van der Waals surface area contributed by atoms with Gasteiger partial charge in [-0.15, -0.1) is 22.7 Å². The van der Waals surface area contributed by atoms with Crippen molar-refractivity contribution < 1.29 is 18.9 Å². The Labute approximate surface area is 177 Å². The average Bonchev–Trinajstić information content (AvgIpc) is 3.35. The monoisotopic (exact) mass is 452 g/mol. The highest BCUT2D eigenvalue weighted by atomic mass is 33.1. The van der Waals surface area contributed by atoms with Gasteiger partial charge in [0, 0.05) is 0 Å². The number of nitrogens with zero attached hydrogens (tertiary/aromatic N) is 2. The fraction of sp³-hybridized carbons (Fsp3) is 0.222. The van der Waals surface area contributed by atoms with Crippen LogP contribution < -0.4 is 18.9 Å². The van der Waals surface area contributed by atoms with E-state index >= 15 is 0 Å². The van der Waals surface area contributed by atoms with E-state index in [1.54, 1.807) is 72.7 Å². The first kappa shape index (κ1) is 19.4. The van der Waals surface area contributed by atoms with Gasteiger partial charge in [0.2, 0.25) is 0 Å². The van der Waals surface area contributed by atoms with E-state index in [1.165, 1.54) is 0 Å². The molecule has 6 nitrogen and oxygen atoms in total. The number of hydrogen-bond acceptors (Lipinski definition) is 10. The maximum Gasteiger partial charge on any atom is 0.162 e. The molecule has 4 rings (SSSR count). The van der Waals surface area contributed by atoms with E-state index in [1.807, 2.05) is 24.3 Å².